The molecule has 0 atom stereocenters. The van der Waals surface area contributed by atoms with Crippen LogP contribution in [0.2, 0.25) is 0 Å². The molecule has 120 valence electrons. The van der Waals surface area contributed by atoms with Crippen LogP contribution in [0.4, 0.5) is 0 Å². The van der Waals surface area contributed by atoms with E-state index >= 15 is 0 Å². The molecular formula is C22H16N2O. The molecular weight excluding hydrogens is 308 g/mol. The van der Waals surface area contributed by atoms with E-state index in [1.54, 1.807) is 6.26 Å². The number of rotatable bonds is 3. The largest absolute Gasteiger partial charge is 0.463 e. The zero-order chi connectivity index (χ0) is 16.6. The van der Waals surface area contributed by atoms with Crippen molar-refractivity contribution in [1.82, 2.24) is 9.38 Å². The van der Waals surface area contributed by atoms with Gasteiger partial charge in [0.1, 0.15) is 11.3 Å². The fraction of sp³-hybridized carbons (Fsp3) is 0.0455. The SMILES string of the molecule is c1ccc(Cc2c(-c3ccco3)nc3c4ccccc4ccn23)cc1. The Hall–Kier alpha value is -3.33. The van der Waals surface area contributed by atoms with Gasteiger partial charge in [-0.3, -0.25) is 0 Å². The predicted octanol–water partition coefficient (Wildman–Crippen LogP) is 5.34. The lowest BCUT2D eigenvalue weighted by Crippen LogP contribution is -1.96. The summed E-state index contributed by atoms with van der Waals surface area (Å²) in [4.78, 5) is 4.95. The quantitative estimate of drug-likeness (QED) is 0.448. The molecule has 0 spiro atoms. The van der Waals surface area contributed by atoms with Gasteiger partial charge in [0.15, 0.2) is 5.76 Å². The average molecular weight is 324 g/mol. The van der Waals surface area contributed by atoms with Gasteiger partial charge < -0.3 is 8.82 Å². The smallest absolute Gasteiger partial charge is 0.154 e. The fourth-order valence-corrected chi connectivity index (χ4v) is 3.39. The van der Waals surface area contributed by atoms with Crippen LogP contribution in [-0.2, 0) is 6.42 Å². The molecule has 3 nitrogen and oxygen atoms in total. The van der Waals surface area contributed by atoms with E-state index in [1.165, 1.54) is 10.9 Å². The topological polar surface area (TPSA) is 30.4 Å². The summed E-state index contributed by atoms with van der Waals surface area (Å²) in [5, 5.41) is 2.34. The first kappa shape index (κ1) is 14.1. The molecule has 0 amide bonds. The van der Waals surface area contributed by atoms with Gasteiger partial charge in [-0.25, -0.2) is 4.98 Å². The summed E-state index contributed by atoms with van der Waals surface area (Å²) >= 11 is 0. The number of imidazole rings is 1. The molecule has 0 unspecified atom stereocenters. The number of nitrogens with zero attached hydrogens (tertiary/aromatic N) is 2. The second-order valence-electron chi connectivity index (χ2n) is 6.14. The summed E-state index contributed by atoms with van der Waals surface area (Å²) in [6.07, 6.45) is 4.61. The van der Waals surface area contributed by atoms with Gasteiger partial charge >= 0.3 is 0 Å². The van der Waals surface area contributed by atoms with Gasteiger partial charge in [-0.2, -0.15) is 0 Å². The van der Waals surface area contributed by atoms with E-state index in [1.807, 2.05) is 18.2 Å². The molecule has 25 heavy (non-hydrogen) atoms. The van der Waals surface area contributed by atoms with Crippen molar-refractivity contribution in [2.75, 3.05) is 0 Å². The first-order chi connectivity index (χ1) is 12.4. The maximum Gasteiger partial charge on any atom is 0.154 e. The third-order valence-electron chi connectivity index (χ3n) is 4.58. The first-order valence-electron chi connectivity index (χ1n) is 8.36. The Balaban J connectivity index is 1.80. The standard InChI is InChI=1S/C22H16N2O/c1-2-7-16(8-3-1)15-19-21(20-11-6-14-25-20)23-22-18-10-5-4-9-17(18)12-13-24(19)22/h1-14H,15H2. The molecule has 5 aromatic rings. The normalized spacial score (nSPS) is 11.4. The summed E-state index contributed by atoms with van der Waals surface area (Å²) in [5.41, 5.74) is 4.27. The first-order valence-corrected chi connectivity index (χ1v) is 8.36. The maximum absolute atomic E-state index is 5.66. The van der Waals surface area contributed by atoms with E-state index in [9.17, 15) is 0 Å². The number of hydrogen-bond acceptors (Lipinski definition) is 2. The van der Waals surface area contributed by atoms with Crippen molar-refractivity contribution in [3.8, 4) is 11.5 Å². The zero-order valence-corrected chi connectivity index (χ0v) is 13.6. The van der Waals surface area contributed by atoms with Crippen molar-refractivity contribution in [3.63, 3.8) is 0 Å². The molecule has 0 bridgehead atoms. The summed E-state index contributed by atoms with van der Waals surface area (Å²) in [7, 11) is 0. The molecule has 0 saturated heterocycles. The van der Waals surface area contributed by atoms with Gasteiger partial charge in [-0.15, -0.1) is 0 Å². The minimum Gasteiger partial charge on any atom is -0.463 e. The van der Waals surface area contributed by atoms with E-state index in [4.69, 9.17) is 9.40 Å². The van der Waals surface area contributed by atoms with Crippen molar-refractivity contribution >= 4 is 16.4 Å². The van der Waals surface area contributed by atoms with Crippen LogP contribution in [0, 0.1) is 0 Å². The molecule has 2 aromatic carbocycles. The van der Waals surface area contributed by atoms with E-state index in [0.717, 1.165) is 34.6 Å². The van der Waals surface area contributed by atoms with Crippen LogP contribution in [-0.4, -0.2) is 9.38 Å². The van der Waals surface area contributed by atoms with Gasteiger partial charge in [-0.1, -0.05) is 54.6 Å². The van der Waals surface area contributed by atoms with Crippen LogP contribution in [0.25, 0.3) is 27.9 Å². The number of hydrogen-bond donors (Lipinski definition) is 0. The van der Waals surface area contributed by atoms with Crippen molar-refractivity contribution in [1.29, 1.82) is 0 Å². The molecule has 3 heteroatoms. The Labute approximate surface area is 145 Å². The van der Waals surface area contributed by atoms with Crippen molar-refractivity contribution < 1.29 is 4.42 Å². The molecule has 3 aromatic heterocycles. The number of aromatic nitrogens is 2. The summed E-state index contributed by atoms with van der Waals surface area (Å²) in [5.74, 6) is 0.804. The molecule has 0 radical (unpaired) electrons. The van der Waals surface area contributed by atoms with E-state index in [-0.39, 0.29) is 0 Å². The van der Waals surface area contributed by atoms with Crippen LogP contribution < -0.4 is 0 Å². The lowest BCUT2D eigenvalue weighted by molar-refractivity contribution is 0.579. The Bertz CT molecular complexity index is 1160. The lowest BCUT2D eigenvalue weighted by Gasteiger charge is -2.06. The maximum atomic E-state index is 5.66. The van der Waals surface area contributed by atoms with Crippen molar-refractivity contribution in [2.45, 2.75) is 6.42 Å². The highest BCUT2D eigenvalue weighted by molar-refractivity contribution is 5.95. The molecule has 0 aliphatic heterocycles. The number of benzene rings is 2. The third kappa shape index (κ3) is 2.32. The van der Waals surface area contributed by atoms with E-state index < -0.39 is 0 Å². The fourth-order valence-electron chi connectivity index (χ4n) is 3.39. The highest BCUT2D eigenvalue weighted by Crippen LogP contribution is 2.30. The molecule has 0 N–H and O–H groups in total. The van der Waals surface area contributed by atoms with Crippen molar-refractivity contribution in [2.24, 2.45) is 0 Å². The predicted molar refractivity (Wildman–Crippen MR) is 99.6 cm³/mol. The van der Waals surface area contributed by atoms with Gasteiger partial charge in [0, 0.05) is 18.0 Å². The van der Waals surface area contributed by atoms with Gasteiger partial charge in [0.25, 0.3) is 0 Å². The van der Waals surface area contributed by atoms with E-state index in [2.05, 4.69) is 65.2 Å². The number of furan rings is 1. The van der Waals surface area contributed by atoms with Gasteiger partial charge in [-0.05, 0) is 29.1 Å². The molecule has 3 heterocycles. The number of fused-ring (bicyclic) bond motifs is 3. The molecule has 0 fully saturated rings. The lowest BCUT2D eigenvalue weighted by atomic mass is 10.1. The highest BCUT2D eigenvalue weighted by atomic mass is 16.3. The van der Waals surface area contributed by atoms with Crippen LogP contribution in [0.15, 0.2) is 89.7 Å². The second-order valence-corrected chi connectivity index (χ2v) is 6.14. The van der Waals surface area contributed by atoms with Crippen LogP contribution in [0.1, 0.15) is 11.3 Å². The number of pyridine rings is 1. The summed E-state index contributed by atoms with van der Waals surface area (Å²) in [6.45, 7) is 0. The zero-order valence-electron chi connectivity index (χ0n) is 13.6. The van der Waals surface area contributed by atoms with E-state index in [0.29, 0.717) is 0 Å². The second kappa shape index (κ2) is 5.64. The minimum absolute atomic E-state index is 0.802. The van der Waals surface area contributed by atoms with Crippen LogP contribution in [0.3, 0.4) is 0 Å². The Morgan fingerprint density at radius 3 is 2.52 bits per heavy atom. The van der Waals surface area contributed by atoms with Crippen LogP contribution >= 0.6 is 0 Å². The van der Waals surface area contributed by atoms with Crippen LogP contribution in [0.5, 0.6) is 0 Å². The Morgan fingerprint density at radius 1 is 0.840 bits per heavy atom. The van der Waals surface area contributed by atoms with Gasteiger partial charge in [0.05, 0.1) is 12.0 Å². The summed E-state index contributed by atoms with van der Waals surface area (Å²) in [6, 6.07) is 24.8. The summed E-state index contributed by atoms with van der Waals surface area (Å²) < 4.78 is 7.85. The molecule has 0 aliphatic rings. The average Bonchev–Trinajstić information content (AvgIpc) is 3.31. The molecule has 0 saturated carbocycles. The van der Waals surface area contributed by atoms with Crippen molar-refractivity contribution in [3.05, 3.63) is 96.5 Å². The molecule has 5 rings (SSSR count). The minimum atomic E-state index is 0.802. The molecule has 0 aliphatic carbocycles. The highest BCUT2D eigenvalue weighted by Gasteiger charge is 2.17. The Kier molecular flexibility index (Phi) is 3.17. The monoisotopic (exact) mass is 324 g/mol. The Morgan fingerprint density at radius 2 is 1.68 bits per heavy atom. The third-order valence-corrected chi connectivity index (χ3v) is 4.58. The van der Waals surface area contributed by atoms with Gasteiger partial charge in [0.2, 0.25) is 0 Å².